The van der Waals surface area contributed by atoms with Crippen molar-refractivity contribution in [1.82, 2.24) is 9.29 Å². The van der Waals surface area contributed by atoms with Crippen LogP contribution in [0.4, 0.5) is 0 Å². The lowest BCUT2D eigenvalue weighted by molar-refractivity contribution is -0.140. The highest BCUT2D eigenvalue weighted by atomic mass is 32.2. The van der Waals surface area contributed by atoms with Crippen LogP contribution in [-0.2, 0) is 9.53 Å². The number of ether oxygens (including phenoxy) is 2. The first-order valence-corrected chi connectivity index (χ1v) is 13.9. The van der Waals surface area contributed by atoms with Crippen LogP contribution in [0.5, 0.6) is 5.75 Å². The summed E-state index contributed by atoms with van der Waals surface area (Å²) in [4.78, 5) is 16.4. The maximum atomic E-state index is 10.5. The van der Waals surface area contributed by atoms with Crippen molar-refractivity contribution in [3.63, 3.8) is 0 Å². The van der Waals surface area contributed by atoms with Crippen LogP contribution in [0, 0.1) is 11.3 Å². The minimum absolute atomic E-state index is 0.0408. The molecular formula is C28H34N4O3S2. The lowest BCUT2D eigenvalue weighted by Gasteiger charge is -2.11. The number of benzene rings is 1. The zero-order valence-corrected chi connectivity index (χ0v) is 23.5. The standard InChI is InChI=1S/C23H22N2OS.C5H12N2O2S/c1-15(2)26-21-11-10-17(12-18(21)13-24)23-25-14-22(27-23)20-8-4-3-6-16-7-5-9-19(16)20;1-7(10-6)4-3-5(8)9-2/h3,6,8,10-12,14-15H,4-5,7,9H2,1-2H3;3-4,6H2,1-2H3. The molecule has 0 bridgehead atoms. The Morgan fingerprint density at radius 3 is 2.86 bits per heavy atom. The fourth-order valence-corrected chi connectivity index (χ4v) is 5.25. The van der Waals surface area contributed by atoms with Gasteiger partial charge < -0.3 is 9.47 Å². The molecule has 9 heteroatoms. The molecule has 196 valence electrons. The van der Waals surface area contributed by atoms with Gasteiger partial charge in [-0.15, -0.1) is 11.3 Å². The second kappa shape index (κ2) is 14.1. The van der Waals surface area contributed by atoms with Gasteiger partial charge in [0.05, 0.1) is 30.1 Å². The number of methoxy groups -OCH3 is 1. The third kappa shape index (κ3) is 8.04. The molecule has 2 aliphatic carbocycles. The molecule has 0 spiro atoms. The van der Waals surface area contributed by atoms with Gasteiger partial charge in [-0.1, -0.05) is 18.2 Å². The maximum Gasteiger partial charge on any atom is 0.306 e. The number of nitriles is 1. The van der Waals surface area contributed by atoms with Gasteiger partial charge in [0.25, 0.3) is 0 Å². The largest absolute Gasteiger partial charge is 0.490 e. The molecule has 2 aromatic rings. The van der Waals surface area contributed by atoms with E-state index in [1.54, 1.807) is 15.6 Å². The maximum absolute atomic E-state index is 10.5. The number of esters is 1. The first-order valence-electron chi connectivity index (χ1n) is 12.3. The van der Waals surface area contributed by atoms with E-state index < -0.39 is 0 Å². The van der Waals surface area contributed by atoms with E-state index in [1.807, 2.05) is 45.3 Å². The van der Waals surface area contributed by atoms with Crippen LogP contribution in [0.3, 0.4) is 0 Å². The van der Waals surface area contributed by atoms with Crippen LogP contribution in [0.1, 0.15) is 56.4 Å². The zero-order valence-electron chi connectivity index (χ0n) is 21.8. The van der Waals surface area contributed by atoms with Crippen LogP contribution in [-0.4, -0.2) is 42.1 Å². The Morgan fingerprint density at radius 2 is 2.16 bits per heavy atom. The second-order valence-corrected chi connectivity index (χ2v) is 10.8. The molecule has 1 aromatic heterocycles. The van der Waals surface area contributed by atoms with Gasteiger partial charge in [-0.05, 0) is 81.5 Å². The van der Waals surface area contributed by atoms with E-state index in [4.69, 9.17) is 9.88 Å². The Labute approximate surface area is 227 Å². The van der Waals surface area contributed by atoms with Gasteiger partial charge in [0.1, 0.15) is 16.8 Å². The first kappa shape index (κ1) is 28.7. The molecule has 7 nitrogen and oxygen atoms in total. The summed E-state index contributed by atoms with van der Waals surface area (Å²) in [6.45, 7) is 4.54. The molecule has 0 unspecified atom stereocenters. The number of allylic oxidation sites excluding steroid dienone is 6. The Kier molecular flexibility index (Phi) is 11.0. The molecule has 0 saturated heterocycles. The van der Waals surface area contributed by atoms with Crippen molar-refractivity contribution < 1.29 is 14.3 Å². The molecule has 0 aliphatic heterocycles. The van der Waals surface area contributed by atoms with E-state index in [0.717, 1.165) is 35.5 Å². The highest BCUT2D eigenvalue weighted by Gasteiger charge is 2.21. The summed E-state index contributed by atoms with van der Waals surface area (Å²) in [5.74, 6) is 0.423. The zero-order chi connectivity index (χ0) is 26.8. The predicted molar refractivity (Wildman–Crippen MR) is 152 cm³/mol. The molecule has 37 heavy (non-hydrogen) atoms. The fourth-order valence-electron chi connectivity index (χ4n) is 4.07. The van der Waals surface area contributed by atoms with E-state index in [9.17, 15) is 10.1 Å². The lowest BCUT2D eigenvalue weighted by atomic mass is 10.0. The van der Waals surface area contributed by atoms with Gasteiger partial charge in [-0.3, -0.25) is 9.93 Å². The Bertz CT molecular complexity index is 1220. The second-order valence-electron chi connectivity index (χ2n) is 8.92. The third-order valence-electron chi connectivity index (χ3n) is 5.88. The molecule has 4 rings (SSSR count). The molecule has 1 heterocycles. The van der Waals surface area contributed by atoms with Crippen LogP contribution < -0.4 is 9.88 Å². The van der Waals surface area contributed by atoms with Crippen molar-refractivity contribution in [3.8, 4) is 22.4 Å². The molecule has 1 aromatic carbocycles. The molecule has 0 atom stereocenters. The quantitative estimate of drug-likeness (QED) is 0.309. The van der Waals surface area contributed by atoms with Gasteiger partial charge >= 0.3 is 5.97 Å². The highest BCUT2D eigenvalue weighted by molar-refractivity contribution is 7.94. The van der Waals surface area contributed by atoms with E-state index >= 15 is 0 Å². The third-order valence-corrected chi connectivity index (χ3v) is 7.50. The Morgan fingerprint density at radius 1 is 1.35 bits per heavy atom. The monoisotopic (exact) mass is 538 g/mol. The Balaban J connectivity index is 0.000000325. The molecular weight excluding hydrogens is 504 g/mol. The van der Waals surface area contributed by atoms with Gasteiger partial charge in [0, 0.05) is 30.4 Å². The molecule has 0 saturated carbocycles. The molecule has 2 N–H and O–H groups in total. The van der Waals surface area contributed by atoms with Crippen LogP contribution in [0.25, 0.3) is 16.1 Å². The SMILES string of the molecule is CC(C)Oc1ccc(-c2ncc(C3=CCC=CC4=C3CCC4)s2)cc1C#N.COC(=O)CCN(C)SN. The summed E-state index contributed by atoms with van der Waals surface area (Å²) in [7, 11) is 3.19. The summed E-state index contributed by atoms with van der Waals surface area (Å²) in [5.41, 5.74) is 5.83. The number of carbonyl (C=O) groups is 1. The number of nitrogens with zero attached hydrogens (tertiary/aromatic N) is 3. The van der Waals surface area contributed by atoms with Crippen molar-refractivity contribution in [2.24, 2.45) is 5.14 Å². The van der Waals surface area contributed by atoms with Crippen LogP contribution in [0.2, 0.25) is 0 Å². The predicted octanol–water partition coefficient (Wildman–Crippen LogP) is 6.30. The number of nitrogens with two attached hydrogens (primary N) is 1. The van der Waals surface area contributed by atoms with Crippen molar-refractivity contribution in [3.05, 3.63) is 64.2 Å². The summed E-state index contributed by atoms with van der Waals surface area (Å²) < 4.78 is 11.9. The number of carbonyl (C=O) groups excluding carboxylic acids is 1. The summed E-state index contributed by atoms with van der Waals surface area (Å²) in [6.07, 6.45) is 13.8. The topological polar surface area (TPSA) is 101 Å². The summed E-state index contributed by atoms with van der Waals surface area (Å²) in [5, 5.41) is 15.6. The van der Waals surface area contributed by atoms with Crippen LogP contribution in [0.15, 0.2) is 53.8 Å². The van der Waals surface area contributed by atoms with E-state index in [1.165, 1.54) is 41.5 Å². The van der Waals surface area contributed by atoms with Gasteiger partial charge in [0.15, 0.2) is 0 Å². The first-order chi connectivity index (χ1) is 17.9. The number of rotatable bonds is 8. The summed E-state index contributed by atoms with van der Waals surface area (Å²) in [6, 6.07) is 7.99. The van der Waals surface area contributed by atoms with E-state index in [2.05, 4.69) is 34.0 Å². The molecule has 0 amide bonds. The van der Waals surface area contributed by atoms with Crippen molar-refractivity contribution in [2.75, 3.05) is 20.7 Å². The molecule has 0 radical (unpaired) electrons. The normalized spacial score (nSPS) is 14.5. The molecule has 2 aliphatic rings. The average Bonchev–Trinajstić information content (AvgIpc) is 3.54. The summed E-state index contributed by atoms with van der Waals surface area (Å²) >= 11 is 2.80. The average molecular weight is 539 g/mol. The number of hydrogen-bond acceptors (Lipinski definition) is 9. The minimum atomic E-state index is -0.207. The smallest absolute Gasteiger partial charge is 0.306 e. The van der Waals surface area contributed by atoms with E-state index in [-0.39, 0.29) is 12.1 Å². The Hall–Kier alpha value is -2.90. The lowest BCUT2D eigenvalue weighted by Crippen LogP contribution is -2.17. The van der Waals surface area contributed by atoms with Crippen molar-refractivity contribution >= 4 is 35.0 Å². The molecule has 0 fully saturated rings. The fraction of sp³-hybridized carbons (Fsp3) is 0.393. The van der Waals surface area contributed by atoms with Crippen LogP contribution >= 0.6 is 23.5 Å². The minimum Gasteiger partial charge on any atom is -0.490 e. The van der Waals surface area contributed by atoms with E-state index in [0.29, 0.717) is 24.3 Å². The number of thiazole rings is 1. The van der Waals surface area contributed by atoms with Gasteiger partial charge in [-0.25, -0.2) is 9.29 Å². The number of aromatic nitrogens is 1. The number of hydrogen-bond donors (Lipinski definition) is 1. The van der Waals surface area contributed by atoms with Gasteiger partial charge in [0.2, 0.25) is 0 Å². The van der Waals surface area contributed by atoms with Gasteiger partial charge in [-0.2, -0.15) is 5.26 Å². The van der Waals surface area contributed by atoms with Crippen molar-refractivity contribution in [1.29, 1.82) is 5.26 Å². The highest BCUT2D eigenvalue weighted by Crippen LogP contribution is 2.41. The van der Waals surface area contributed by atoms with Crippen molar-refractivity contribution in [2.45, 2.75) is 52.1 Å².